The van der Waals surface area contributed by atoms with Crippen molar-refractivity contribution in [1.82, 2.24) is 10.6 Å². The largest absolute Gasteiger partial charge is 0.508 e. The van der Waals surface area contributed by atoms with Gasteiger partial charge in [-0.2, -0.15) is 0 Å². The fraction of sp³-hybridized carbons (Fsp3) is 0.400. The third kappa shape index (κ3) is 8.48. The SMILES string of the molecule is COC(=O)[C@H](Cc1ccc(O)cc1)NC(=O)C(CC(C)C)NC(=O)COc1ccccc1C. The van der Waals surface area contributed by atoms with Crippen LogP contribution in [0.15, 0.2) is 48.5 Å². The number of ether oxygens (including phenoxy) is 2. The summed E-state index contributed by atoms with van der Waals surface area (Å²) in [6.07, 6.45) is 0.562. The summed E-state index contributed by atoms with van der Waals surface area (Å²) in [5.74, 6) is -0.711. The van der Waals surface area contributed by atoms with Gasteiger partial charge in [0.05, 0.1) is 7.11 Å². The van der Waals surface area contributed by atoms with Crippen molar-refractivity contribution in [3.63, 3.8) is 0 Å². The van der Waals surface area contributed by atoms with Crippen LogP contribution in [0.3, 0.4) is 0 Å². The first kappa shape index (κ1) is 25.7. The topological polar surface area (TPSA) is 114 Å². The minimum atomic E-state index is -0.943. The average molecular weight is 457 g/mol. The number of hydrogen-bond donors (Lipinski definition) is 3. The lowest BCUT2D eigenvalue weighted by Crippen LogP contribution is -2.53. The minimum Gasteiger partial charge on any atom is -0.508 e. The van der Waals surface area contributed by atoms with Crippen molar-refractivity contribution in [2.24, 2.45) is 5.92 Å². The van der Waals surface area contributed by atoms with Crippen molar-refractivity contribution in [2.75, 3.05) is 13.7 Å². The Morgan fingerprint density at radius 2 is 1.64 bits per heavy atom. The molecule has 0 radical (unpaired) electrons. The Labute approximate surface area is 194 Å². The van der Waals surface area contributed by atoms with Gasteiger partial charge in [0.2, 0.25) is 5.91 Å². The zero-order valence-electron chi connectivity index (χ0n) is 19.5. The lowest BCUT2D eigenvalue weighted by Gasteiger charge is -2.23. The summed E-state index contributed by atoms with van der Waals surface area (Å²) in [7, 11) is 1.24. The first-order valence-electron chi connectivity index (χ1n) is 10.8. The van der Waals surface area contributed by atoms with Gasteiger partial charge >= 0.3 is 5.97 Å². The Balaban J connectivity index is 2.05. The van der Waals surface area contributed by atoms with Crippen molar-refractivity contribution >= 4 is 17.8 Å². The molecular formula is C25H32N2O6. The molecular weight excluding hydrogens is 424 g/mol. The summed E-state index contributed by atoms with van der Waals surface area (Å²) in [5.41, 5.74) is 1.64. The number of phenolic OH excluding ortho intramolecular Hbond substituents is 1. The summed E-state index contributed by atoms with van der Waals surface area (Å²) in [4.78, 5) is 37.8. The molecule has 0 saturated heterocycles. The maximum atomic E-state index is 13.0. The van der Waals surface area contributed by atoms with E-state index in [-0.39, 0.29) is 24.7 Å². The van der Waals surface area contributed by atoms with E-state index in [0.717, 1.165) is 11.1 Å². The van der Waals surface area contributed by atoms with Gasteiger partial charge in [0.25, 0.3) is 5.91 Å². The molecule has 33 heavy (non-hydrogen) atoms. The molecule has 8 nitrogen and oxygen atoms in total. The number of esters is 1. The Hall–Kier alpha value is -3.55. The third-order valence-corrected chi connectivity index (χ3v) is 4.99. The van der Waals surface area contributed by atoms with Gasteiger partial charge in [0, 0.05) is 6.42 Å². The summed E-state index contributed by atoms with van der Waals surface area (Å²) in [6, 6.07) is 11.9. The summed E-state index contributed by atoms with van der Waals surface area (Å²) in [5, 5.41) is 14.9. The Morgan fingerprint density at radius 1 is 0.970 bits per heavy atom. The lowest BCUT2D eigenvalue weighted by molar-refractivity contribution is -0.145. The molecule has 0 fully saturated rings. The van der Waals surface area contributed by atoms with E-state index in [1.807, 2.05) is 39.0 Å². The summed E-state index contributed by atoms with van der Waals surface area (Å²) >= 11 is 0. The normalized spacial score (nSPS) is 12.5. The van der Waals surface area contributed by atoms with Gasteiger partial charge in [-0.15, -0.1) is 0 Å². The van der Waals surface area contributed by atoms with Crippen LogP contribution in [0.1, 0.15) is 31.4 Å². The number of aromatic hydroxyl groups is 1. The predicted octanol–water partition coefficient (Wildman–Crippen LogP) is 2.51. The molecule has 2 amide bonds. The van der Waals surface area contributed by atoms with Gasteiger partial charge in [-0.1, -0.05) is 44.2 Å². The molecule has 1 unspecified atom stereocenters. The second-order valence-electron chi connectivity index (χ2n) is 8.26. The molecule has 2 atom stereocenters. The van der Waals surface area contributed by atoms with Crippen LogP contribution >= 0.6 is 0 Å². The Kier molecular flexibility index (Phi) is 9.72. The molecule has 8 heteroatoms. The number of rotatable bonds is 11. The van der Waals surface area contributed by atoms with Crippen LogP contribution in [-0.4, -0.2) is 48.7 Å². The molecule has 0 aromatic heterocycles. The number of nitrogens with one attached hydrogen (secondary N) is 2. The second-order valence-corrected chi connectivity index (χ2v) is 8.26. The van der Waals surface area contributed by atoms with Gasteiger partial charge in [-0.3, -0.25) is 9.59 Å². The minimum absolute atomic E-state index is 0.102. The number of amides is 2. The zero-order chi connectivity index (χ0) is 24.4. The van der Waals surface area contributed by atoms with Crippen LogP contribution in [0.25, 0.3) is 0 Å². The van der Waals surface area contributed by atoms with Crippen LogP contribution in [-0.2, 0) is 25.5 Å². The van der Waals surface area contributed by atoms with Crippen LogP contribution in [0.4, 0.5) is 0 Å². The van der Waals surface area contributed by atoms with Gasteiger partial charge < -0.3 is 25.2 Å². The Bertz CT molecular complexity index is 942. The standard InChI is InChI=1S/C25H32N2O6/c1-16(2)13-20(26-23(29)15-33-22-8-6-5-7-17(22)3)24(30)27-21(25(31)32-4)14-18-9-11-19(28)12-10-18/h5-12,16,20-21,28H,13-15H2,1-4H3,(H,26,29)(H,27,30)/t20?,21-/m0/s1. The van der Waals surface area contributed by atoms with Crippen molar-refractivity contribution in [3.8, 4) is 11.5 Å². The van der Waals surface area contributed by atoms with E-state index < -0.39 is 29.9 Å². The molecule has 0 aliphatic heterocycles. The van der Waals surface area contributed by atoms with Gasteiger partial charge in [0.1, 0.15) is 23.6 Å². The average Bonchev–Trinajstić information content (AvgIpc) is 2.78. The van der Waals surface area contributed by atoms with Gasteiger partial charge in [-0.05, 0) is 48.6 Å². The van der Waals surface area contributed by atoms with E-state index in [2.05, 4.69) is 10.6 Å². The number of phenols is 1. The number of carbonyl (C=O) groups is 3. The van der Waals surface area contributed by atoms with E-state index >= 15 is 0 Å². The van der Waals surface area contributed by atoms with E-state index in [9.17, 15) is 19.5 Å². The molecule has 0 spiro atoms. The first-order chi connectivity index (χ1) is 15.7. The van der Waals surface area contributed by atoms with Crippen LogP contribution in [0, 0.1) is 12.8 Å². The number of para-hydroxylation sites is 1. The van der Waals surface area contributed by atoms with E-state index in [0.29, 0.717) is 12.2 Å². The molecule has 2 rings (SSSR count). The van der Waals surface area contributed by atoms with Crippen molar-refractivity contribution in [2.45, 2.75) is 45.7 Å². The lowest BCUT2D eigenvalue weighted by atomic mass is 10.0. The molecule has 0 bridgehead atoms. The molecule has 0 saturated carbocycles. The highest BCUT2D eigenvalue weighted by molar-refractivity contribution is 5.91. The number of aryl methyl sites for hydroxylation is 1. The predicted molar refractivity (Wildman–Crippen MR) is 124 cm³/mol. The second kappa shape index (κ2) is 12.5. The molecule has 0 heterocycles. The molecule has 0 aliphatic rings. The van der Waals surface area contributed by atoms with Gasteiger partial charge in [0.15, 0.2) is 6.61 Å². The smallest absolute Gasteiger partial charge is 0.328 e. The van der Waals surface area contributed by atoms with Crippen LogP contribution in [0.2, 0.25) is 0 Å². The van der Waals surface area contributed by atoms with Crippen molar-refractivity contribution in [3.05, 3.63) is 59.7 Å². The zero-order valence-corrected chi connectivity index (χ0v) is 19.5. The number of methoxy groups -OCH3 is 1. The Morgan fingerprint density at radius 3 is 2.24 bits per heavy atom. The molecule has 178 valence electrons. The highest BCUT2D eigenvalue weighted by atomic mass is 16.5. The third-order valence-electron chi connectivity index (χ3n) is 4.99. The maximum Gasteiger partial charge on any atom is 0.328 e. The van der Waals surface area contributed by atoms with E-state index in [1.165, 1.54) is 19.2 Å². The summed E-state index contributed by atoms with van der Waals surface area (Å²) in [6.45, 7) is 5.51. The maximum absolute atomic E-state index is 13.0. The highest BCUT2D eigenvalue weighted by Crippen LogP contribution is 2.16. The quantitative estimate of drug-likeness (QED) is 0.448. The molecule has 0 aliphatic carbocycles. The highest BCUT2D eigenvalue weighted by Gasteiger charge is 2.28. The molecule has 2 aromatic rings. The van der Waals surface area contributed by atoms with E-state index in [1.54, 1.807) is 18.2 Å². The van der Waals surface area contributed by atoms with Crippen molar-refractivity contribution in [1.29, 1.82) is 0 Å². The van der Waals surface area contributed by atoms with Crippen LogP contribution in [0.5, 0.6) is 11.5 Å². The first-order valence-corrected chi connectivity index (χ1v) is 10.8. The monoisotopic (exact) mass is 456 g/mol. The fourth-order valence-corrected chi connectivity index (χ4v) is 3.28. The van der Waals surface area contributed by atoms with Crippen LogP contribution < -0.4 is 15.4 Å². The number of benzene rings is 2. The molecule has 2 aromatic carbocycles. The van der Waals surface area contributed by atoms with E-state index in [4.69, 9.17) is 9.47 Å². The summed E-state index contributed by atoms with van der Waals surface area (Å²) < 4.78 is 10.4. The fourth-order valence-electron chi connectivity index (χ4n) is 3.28. The van der Waals surface area contributed by atoms with Crippen molar-refractivity contribution < 1.29 is 29.0 Å². The number of carbonyl (C=O) groups excluding carboxylic acids is 3. The molecule has 3 N–H and O–H groups in total. The van der Waals surface area contributed by atoms with Gasteiger partial charge in [-0.25, -0.2) is 4.79 Å². The number of hydrogen-bond acceptors (Lipinski definition) is 6.